The molecule has 0 saturated carbocycles. The van der Waals surface area contributed by atoms with E-state index in [1.165, 1.54) is 6.92 Å². The quantitative estimate of drug-likeness (QED) is 0.629. The minimum Gasteiger partial charge on any atom is -0.358 e. The molecule has 0 amide bonds. The van der Waals surface area contributed by atoms with Crippen molar-refractivity contribution in [1.82, 2.24) is 9.55 Å². The van der Waals surface area contributed by atoms with E-state index in [0.29, 0.717) is 15.2 Å². The molecule has 1 aromatic heterocycles. The summed E-state index contributed by atoms with van der Waals surface area (Å²) in [5.74, 6) is -2.70. The van der Waals surface area contributed by atoms with Gasteiger partial charge in [-0.2, -0.15) is 0 Å². The van der Waals surface area contributed by atoms with Gasteiger partial charge in [-0.3, -0.25) is 0 Å². The van der Waals surface area contributed by atoms with Crippen LogP contribution in [0.25, 0.3) is 0 Å². The Morgan fingerprint density at radius 3 is 2.32 bits per heavy atom. The first kappa shape index (κ1) is 15.6. The van der Waals surface area contributed by atoms with Crippen molar-refractivity contribution >= 4 is 29.1 Å². The van der Waals surface area contributed by atoms with E-state index in [1.54, 1.807) is 24.3 Å². The minimum absolute atomic E-state index is 0.114. The number of aromatic nitrogens is 2. The highest BCUT2D eigenvalue weighted by molar-refractivity contribution is 6.30. The van der Waals surface area contributed by atoms with Crippen molar-refractivity contribution in [3.63, 3.8) is 0 Å². The van der Waals surface area contributed by atoms with Gasteiger partial charge in [-0.05, 0) is 27.5 Å². The number of benzene rings is 1. The Labute approximate surface area is 128 Å². The van der Waals surface area contributed by atoms with Crippen molar-refractivity contribution in [2.45, 2.75) is 13.3 Å². The number of halogens is 1. The van der Waals surface area contributed by atoms with Gasteiger partial charge in [0.05, 0.1) is 6.42 Å². The fourth-order valence-electron chi connectivity index (χ4n) is 1.95. The van der Waals surface area contributed by atoms with Gasteiger partial charge < -0.3 is 20.2 Å². The van der Waals surface area contributed by atoms with Crippen molar-refractivity contribution in [1.29, 1.82) is 0 Å². The summed E-state index contributed by atoms with van der Waals surface area (Å²) in [4.78, 5) is 35.6. The molecule has 0 saturated heterocycles. The van der Waals surface area contributed by atoms with E-state index in [2.05, 4.69) is 4.98 Å². The Kier molecular flexibility index (Phi) is 4.18. The summed E-state index contributed by atoms with van der Waals surface area (Å²) >= 11 is 5.73. The molecule has 0 fully saturated rings. The second kappa shape index (κ2) is 5.90. The molecule has 9 nitrogen and oxygen atoms in total. The fourth-order valence-corrected chi connectivity index (χ4v) is 2.07. The van der Waals surface area contributed by atoms with E-state index in [-0.39, 0.29) is 12.2 Å². The van der Waals surface area contributed by atoms with Crippen LogP contribution < -0.4 is 0 Å². The van der Waals surface area contributed by atoms with E-state index in [4.69, 9.17) is 11.6 Å². The predicted molar refractivity (Wildman–Crippen MR) is 76.1 cm³/mol. The number of imidazole rings is 1. The lowest BCUT2D eigenvalue weighted by Crippen LogP contribution is -2.17. The van der Waals surface area contributed by atoms with E-state index < -0.39 is 27.4 Å². The number of nitro groups is 2. The van der Waals surface area contributed by atoms with Crippen LogP contribution >= 0.6 is 11.6 Å². The molecule has 2 aromatic rings. The van der Waals surface area contributed by atoms with Crippen LogP contribution in [0.3, 0.4) is 0 Å². The molecule has 22 heavy (non-hydrogen) atoms. The fraction of sp³-hybridized carbons (Fsp3) is 0.167. The second-order valence-electron chi connectivity index (χ2n) is 4.35. The SMILES string of the molecule is Cc1nc([N+](=O)[O-])c([N+](=O)[O-])n1C(=O)Cc1ccc(Cl)cc1. The number of rotatable bonds is 4. The molecular formula is C12H9ClN4O5. The number of carbonyl (C=O) groups excluding carboxylic acids is 1. The molecule has 0 aliphatic heterocycles. The first-order valence-corrected chi connectivity index (χ1v) is 6.35. The van der Waals surface area contributed by atoms with Crippen LogP contribution in [-0.2, 0) is 6.42 Å². The molecule has 0 bridgehead atoms. The Balaban J connectivity index is 2.43. The lowest BCUT2D eigenvalue weighted by atomic mass is 10.1. The van der Waals surface area contributed by atoms with Gasteiger partial charge in [0, 0.05) is 16.9 Å². The summed E-state index contributed by atoms with van der Waals surface area (Å²) in [6.45, 7) is 1.29. The zero-order valence-corrected chi connectivity index (χ0v) is 12.0. The van der Waals surface area contributed by atoms with Crippen LogP contribution in [0.5, 0.6) is 0 Å². The predicted octanol–water partition coefficient (Wildman–Crippen LogP) is 2.54. The second-order valence-corrected chi connectivity index (χ2v) is 4.79. The molecule has 1 aromatic carbocycles. The highest BCUT2D eigenvalue weighted by Crippen LogP contribution is 2.27. The minimum atomic E-state index is -0.989. The summed E-state index contributed by atoms with van der Waals surface area (Å²) in [5.41, 5.74) is 0.569. The number of nitrogens with zero attached hydrogens (tertiary/aromatic N) is 4. The molecule has 2 rings (SSSR count). The van der Waals surface area contributed by atoms with Gasteiger partial charge in [-0.1, -0.05) is 23.7 Å². The first-order chi connectivity index (χ1) is 10.3. The molecule has 0 aliphatic rings. The van der Waals surface area contributed by atoms with Crippen molar-refractivity contribution in [2.75, 3.05) is 0 Å². The summed E-state index contributed by atoms with van der Waals surface area (Å²) in [6.07, 6.45) is -0.174. The highest BCUT2D eigenvalue weighted by Gasteiger charge is 2.39. The third kappa shape index (κ3) is 2.93. The van der Waals surface area contributed by atoms with Gasteiger partial charge in [0.2, 0.25) is 0 Å². The Hall–Kier alpha value is -2.81. The molecule has 10 heteroatoms. The van der Waals surface area contributed by atoms with Crippen molar-refractivity contribution in [3.8, 4) is 0 Å². The Morgan fingerprint density at radius 2 is 1.82 bits per heavy atom. The Morgan fingerprint density at radius 1 is 1.23 bits per heavy atom. The molecule has 0 aliphatic carbocycles. The molecule has 1 heterocycles. The van der Waals surface area contributed by atoms with E-state index in [9.17, 15) is 25.0 Å². The topological polar surface area (TPSA) is 121 Å². The van der Waals surface area contributed by atoms with Crippen LogP contribution in [0.4, 0.5) is 11.6 Å². The summed E-state index contributed by atoms with van der Waals surface area (Å²) in [6, 6.07) is 6.32. The van der Waals surface area contributed by atoms with Crippen molar-refractivity contribution < 1.29 is 14.6 Å². The van der Waals surface area contributed by atoms with Crippen LogP contribution in [0, 0.1) is 27.2 Å². The largest absolute Gasteiger partial charge is 0.463 e. The number of hydrogen-bond donors (Lipinski definition) is 0. The number of carbonyl (C=O) groups is 1. The van der Waals surface area contributed by atoms with Gasteiger partial charge in [-0.25, -0.2) is 4.79 Å². The van der Waals surface area contributed by atoms with Crippen molar-refractivity contribution in [3.05, 3.63) is 60.9 Å². The molecule has 0 atom stereocenters. The molecule has 0 radical (unpaired) electrons. The standard InChI is InChI=1S/C12H9ClN4O5/c1-7-14-11(16(19)20)12(17(21)22)15(7)10(18)6-8-2-4-9(13)5-3-8/h2-5H,6H2,1H3. The smallest absolute Gasteiger partial charge is 0.358 e. The number of aryl methyl sites for hydroxylation is 1. The van der Waals surface area contributed by atoms with Gasteiger partial charge in [0.1, 0.15) is 0 Å². The number of hydrogen-bond acceptors (Lipinski definition) is 6. The maximum atomic E-state index is 12.2. The summed E-state index contributed by atoms with van der Waals surface area (Å²) in [5, 5.41) is 22.3. The normalized spacial score (nSPS) is 10.5. The zero-order chi connectivity index (χ0) is 16.4. The third-order valence-corrected chi connectivity index (χ3v) is 3.12. The van der Waals surface area contributed by atoms with Crippen molar-refractivity contribution in [2.24, 2.45) is 0 Å². The average molecular weight is 325 g/mol. The van der Waals surface area contributed by atoms with Gasteiger partial charge in [0.15, 0.2) is 0 Å². The van der Waals surface area contributed by atoms with E-state index in [1.807, 2.05) is 0 Å². The van der Waals surface area contributed by atoms with E-state index >= 15 is 0 Å². The van der Waals surface area contributed by atoms with Gasteiger partial charge >= 0.3 is 23.4 Å². The molecule has 0 N–H and O–H groups in total. The van der Waals surface area contributed by atoms with Crippen LogP contribution in [0.2, 0.25) is 5.02 Å². The van der Waals surface area contributed by atoms with Gasteiger partial charge in [0.25, 0.3) is 0 Å². The lowest BCUT2D eigenvalue weighted by Gasteiger charge is -2.01. The molecule has 0 unspecified atom stereocenters. The maximum absolute atomic E-state index is 12.2. The summed E-state index contributed by atoms with van der Waals surface area (Å²) < 4.78 is 0.646. The lowest BCUT2D eigenvalue weighted by molar-refractivity contribution is -0.428. The average Bonchev–Trinajstić information content (AvgIpc) is 2.79. The van der Waals surface area contributed by atoms with E-state index in [0.717, 1.165) is 0 Å². The van der Waals surface area contributed by atoms with Crippen LogP contribution in [0.1, 0.15) is 16.2 Å². The first-order valence-electron chi connectivity index (χ1n) is 5.97. The monoisotopic (exact) mass is 324 g/mol. The van der Waals surface area contributed by atoms with Crippen LogP contribution in [0.15, 0.2) is 24.3 Å². The molecule has 0 spiro atoms. The molecular weight excluding hydrogens is 316 g/mol. The zero-order valence-electron chi connectivity index (χ0n) is 11.2. The van der Waals surface area contributed by atoms with Crippen LogP contribution in [-0.4, -0.2) is 25.3 Å². The third-order valence-electron chi connectivity index (χ3n) is 2.87. The maximum Gasteiger partial charge on any atom is 0.463 e. The summed E-state index contributed by atoms with van der Waals surface area (Å²) in [7, 11) is 0. The van der Waals surface area contributed by atoms with Gasteiger partial charge in [-0.15, -0.1) is 4.57 Å². The highest BCUT2D eigenvalue weighted by atomic mass is 35.5. The molecule has 114 valence electrons. The Bertz CT molecular complexity index is 769.